The molecule has 7 heteroatoms. The Labute approximate surface area is 172 Å². The maximum absolute atomic E-state index is 15.1. The number of nitrogens with one attached hydrogen (secondary N) is 1. The minimum atomic E-state index is -0.485. The van der Waals surface area contributed by atoms with Crippen molar-refractivity contribution in [3.8, 4) is 22.8 Å². The molecule has 1 aromatic carbocycles. The number of methoxy groups -OCH3 is 1. The van der Waals surface area contributed by atoms with Gasteiger partial charge in [-0.2, -0.15) is 10.2 Å². The second-order valence-corrected chi connectivity index (χ2v) is 6.82. The minimum absolute atomic E-state index is 0.0463. The summed E-state index contributed by atoms with van der Waals surface area (Å²) in [4.78, 5) is 12.6. The van der Waals surface area contributed by atoms with Gasteiger partial charge >= 0.3 is 0 Å². The van der Waals surface area contributed by atoms with E-state index in [0.29, 0.717) is 5.69 Å². The number of ether oxygens (including phenoxy) is 1. The zero-order chi connectivity index (χ0) is 21.3. The second kappa shape index (κ2) is 7.81. The van der Waals surface area contributed by atoms with Crippen LogP contribution in [-0.2, 0) is 0 Å². The van der Waals surface area contributed by atoms with Crippen molar-refractivity contribution in [3.05, 3.63) is 99.9 Å². The number of aromatic nitrogens is 4. The van der Waals surface area contributed by atoms with Gasteiger partial charge in [0.05, 0.1) is 19.0 Å². The van der Waals surface area contributed by atoms with Crippen LogP contribution in [0.2, 0.25) is 0 Å². The highest BCUT2D eigenvalue weighted by Gasteiger charge is 2.19. The van der Waals surface area contributed by atoms with Crippen LogP contribution in [0.3, 0.4) is 0 Å². The number of nitrogens with zero attached hydrogens (tertiary/aromatic N) is 3. The lowest BCUT2D eigenvalue weighted by molar-refractivity contribution is 0.405. The lowest BCUT2D eigenvalue weighted by atomic mass is 9.88. The Morgan fingerprint density at radius 1 is 1.33 bits per heavy atom. The van der Waals surface area contributed by atoms with Crippen LogP contribution in [0.25, 0.3) is 17.1 Å². The van der Waals surface area contributed by atoms with Gasteiger partial charge in [0, 0.05) is 12.1 Å². The van der Waals surface area contributed by atoms with Gasteiger partial charge in [0.25, 0.3) is 5.43 Å². The van der Waals surface area contributed by atoms with E-state index < -0.39 is 11.2 Å². The van der Waals surface area contributed by atoms with E-state index in [1.807, 2.05) is 31.2 Å². The van der Waals surface area contributed by atoms with Crippen LogP contribution in [0, 0.1) is 5.82 Å². The summed E-state index contributed by atoms with van der Waals surface area (Å²) in [6.07, 6.45) is 8.52. The van der Waals surface area contributed by atoms with Crippen molar-refractivity contribution in [2.75, 3.05) is 7.11 Å². The topological polar surface area (TPSA) is 72.8 Å². The molecular weight excluding hydrogens is 383 g/mol. The molecule has 0 bridgehead atoms. The van der Waals surface area contributed by atoms with Gasteiger partial charge in [-0.15, -0.1) is 5.73 Å². The van der Waals surface area contributed by atoms with Crippen LogP contribution in [0.5, 0.6) is 5.75 Å². The van der Waals surface area contributed by atoms with Crippen LogP contribution >= 0.6 is 0 Å². The minimum Gasteiger partial charge on any atom is -0.491 e. The molecule has 0 spiro atoms. The van der Waals surface area contributed by atoms with E-state index >= 15 is 4.39 Å². The molecule has 2 aromatic heterocycles. The van der Waals surface area contributed by atoms with Crippen molar-refractivity contribution in [3.63, 3.8) is 0 Å². The molecule has 2 heterocycles. The predicted octanol–water partition coefficient (Wildman–Crippen LogP) is 4.08. The van der Waals surface area contributed by atoms with Gasteiger partial charge in [-0.25, -0.2) is 9.07 Å². The molecule has 1 unspecified atom stereocenters. The highest BCUT2D eigenvalue weighted by Crippen LogP contribution is 2.32. The summed E-state index contributed by atoms with van der Waals surface area (Å²) in [7, 11) is 1.38. The van der Waals surface area contributed by atoms with Crippen LogP contribution in [-0.4, -0.2) is 27.1 Å². The summed E-state index contributed by atoms with van der Waals surface area (Å²) < 4.78 is 21.6. The number of hydrogen-bond acceptors (Lipinski definition) is 4. The van der Waals surface area contributed by atoms with Gasteiger partial charge in [-0.1, -0.05) is 24.8 Å². The summed E-state index contributed by atoms with van der Waals surface area (Å²) in [6, 6.07) is 6.51. The molecule has 0 saturated heterocycles. The Balaban J connectivity index is 1.79. The lowest BCUT2D eigenvalue weighted by Crippen LogP contribution is -2.17. The summed E-state index contributed by atoms with van der Waals surface area (Å²) >= 11 is 0. The molecule has 4 rings (SSSR count). The van der Waals surface area contributed by atoms with Gasteiger partial charge in [-0.05, 0) is 47.9 Å². The molecule has 1 N–H and O–H groups in total. The van der Waals surface area contributed by atoms with E-state index in [4.69, 9.17) is 4.74 Å². The molecule has 3 aromatic rings. The van der Waals surface area contributed by atoms with Crippen molar-refractivity contribution >= 4 is 0 Å². The summed E-state index contributed by atoms with van der Waals surface area (Å²) in [6.45, 7) is 6.05. The van der Waals surface area contributed by atoms with Crippen molar-refractivity contribution in [1.29, 1.82) is 0 Å². The van der Waals surface area contributed by atoms with Crippen LogP contribution in [0.4, 0.5) is 4.39 Å². The predicted molar refractivity (Wildman–Crippen MR) is 112 cm³/mol. The average Bonchev–Trinajstić information content (AvgIpc) is 3.22. The quantitative estimate of drug-likeness (QED) is 0.668. The van der Waals surface area contributed by atoms with Gasteiger partial charge < -0.3 is 4.74 Å². The number of H-pyrrole nitrogens is 1. The number of hydrogen-bond donors (Lipinski definition) is 1. The summed E-state index contributed by atoms with van der Waals surface area (Å²) in [5, 5.41) is 10.9. The Morgan fingerprint density at radius 2 is 2.17 bits per heavy atom. The fourth-order valence-corrected chi connectivity index (χ4v) is 3.30. The third-order valence-electron chi connectivity index (χ3n) is 5.00. The fraction of sp³-hybridized carbons (Fsp3) is 0.130. The Morgan fingerprint density at radius 3 is 2.87 bits per heavy atom. The maximum Gasteiger partial charge on any atom is 0.251 e. The second-order valence-electron chi connectivity index (χ2n) is 6.82. The zero-order valence-electron chi connectivity index (χ0n) is 16.5. The van der Waals surface area contributed by atoms with Crippen LogP contribution < -0.4 is 10.2 Å². The van der Waals surface area contributed by atoms with E-state index in [-0.39, 0.29) is 23.0 Å². The van der Waals surface area contributed by atoms with Crippen LogP contribution in [0.1, 0.15) is 18.4 Å². The van der Waals surface area contributed by atoms with Crippen molar-refractivity contribution in [1.82, 2.24) is 20.0 Å². The van der Waals surface area contributed by atoms with E-state index in [9.17, 15) is 4.79 Å². The van der Waals surface area contributed by atoms with Gasteiger partial charge in [0.15, 0.2) is 11.4 Å². The third-order valence-corrected chi connectivity index (χ3v) is 5.00. The van der Waals surface area contributed by atoms with Gasteiger partial charge in [0.2, 0.25) is 0 Å². The number of rotatable bonds is 4. The number of benzene rings is 1. The molecule has 0 radical (unpaired) electrons. The molecule has 0 saturated carbocycles. The zero-order valence-corrected chi connectivity index (χ0v) is 16.5. The first-order valence-electron chi connectivity index (χ1n) is 9.26. The Bertz CT molecular complexity index is 1280. The van der Waals surface area contributed by atoms with Gasteiger partial charge in [-0.3, -0.25) is 9.89 Å². The standard InChI is InChI=1S/C23H19FN4O2/c1-14-6-4-5-7-17(15(14)2)16-8-9-20(18(24)12-16)28-13-21(30-3)23(29)22(27-28)19-10-11-25-26-19/h4-5,7-13,17H,2H2,1,3H3,(H,25,26). The molecule has 6 nitrogen and oxygen atoms in total. The SMILES string of the molecule is C=C1C(C)=C=CC=CC1c1ccc(-n2cc(OC)c(=O)c(-c3ccn[nH]3)n2)c(F)c1. The molecule has 0 amide bonds. The highest BCUT2D eigenvalue weighted by molar-refractivity contribution is 5.55. The van der Waals surface area contributed by atoms with E-state index in [0.717, 1.165) is 16.7 Å². The van der Waals surface area contributed by atoms with E-state index in [2.05, 4.69) is 27.6 Å². The fourth-order valence-electron chi connectivity index (χ4n) is 3.30. The number of allylic oxidation sites excluding steroid dienone is 4. The Hall–Kier alpha value is -3.96. The summed E-state index contributed by atoms with van der Waals surface area (Å²) in [5.74, 6) is -0.594. The third kappa shape index (κ3) is 3.43. The molecule has 1 aliphatic carbocycles. The average molecular weight is 402 g/mol. The molecule has 0 fully saturated rings. The first kappa shape index (κ1) is 19.4. The first-order valence-corrected chi connectivity index (χ1v) is 9.26. The smallest absolute Gasteiger partial charge is 0.251 e. The van der Waals surface area contributed by atoms with Crippen LogP contribution in [0.15, 0.2) is 83.1 Å². The molecule has 30 heavy (non-hydrogen) atoms. The van der Waals surface area contributed by atoms with Crippen molar-refractivity contribution < 1.29 is 9.13 Å². The molecule has 1 aliphatic rings. The van der Waals surface area contributed by atoms with Gasteiger partial charge in [0.1, 0.15) is 11.5 Å². The van der Waals surface area contributed by atoms with E-state index in [1.165, 1.54) is 30.3 Å². The molecular formula is C23H19FN4O2. The largest absolute Gasteiger partial charge is 0.491 e. The summed E-state index contributed by atoms with van der Waals surface area (Å²) in [5.41, 5.74) is 5.94. The monoisotopic (exact) mass is 402 g/mol. The first-order chi connectivity index (χ1) is 14.5. The highest BCUT2D eigenvalue weighted by atomic mass is 19.1. The van der Waals surface area contributed by atoms with Crippen molar-refractivity contribution in [2.24, 2.45) is 0 Å². The number of halogens is 1. The maximum atomic E-state index is 15.1. The lowest BCUT2D eigenvalue weighted by Gasteiger charge is -2.17. The number of aromatic amines is 1. The normalized spacial score (nSPS) is 15.8. The molecule has 1 atom stereocenters. The van der Waals surface area contributed by atoms with Crippen molar-refractivity contribution in [2.45, 2.75) is 12.8 Å². The molecule has 0 aliphatic heterocycles. The molecule has 150 valence electrons. The Kier molecular flexibility index (Phi) is 5.04. The van der Waals surface area contributed by atoms with E-state index in [1.54, 1.807) is 12.1 Å².